The molecule has 2 aromatic rings. The van der Waals surface area contributed by atoms with Gasteiger partial charge in [0.05, 0.1) is 6.10 Å². The van der Waals surface area contributed by atoms with Crippen molar-refractivity contribution < 1.29 is 19.1 Å². The standard InChI is InChI=1S/C26H28O4/c1-4-23(27)17-29-24-13-9-21(10-14-24)19-5-7-20(8-6-19)22-11-15-25(16-12-22)30-26(28)18(2)3/h4-8,11-12,15-16,21,24H,1-2,9-10,13-14,17H2,3H3. The van der Waals surface area contributed by atoms with Crippen molar-refractivity contribution >= 4 is 11.8 Å². The van der Waals surface area contributed by atoms with Crippen molar-refractivity contribution in [3.05, 3.63) is 78.9 Å². The van der Waals surface area contributed by atoms with Crippen LogP contribution in [0.4, 0.5) is 0 Å². The van der Waals surface area contributed by atoms with E-state index in [1.807, 2.05) is 12.1 Å². The van der Waals surface area contributed by atoms with Gasteiger partial charge in [0.15, 0.2) is 5.78 Å². The zero-order valence-electron chi connectivity index (χ0n) is 17.4. The van der Waals surface area contributed by atoms with Crippen molar-refractivity contribution in [2.45, 2.75) is 44.6 Å². The minimum atomic E-state index is -0.417. The fraction of sp³-hybridized carbons (Fsp3) is 0.308. The lowest BCUT2D eigenvalue weighted by Gasteiger charge is -2.28. The van der Waals surface area contributed by atoms with Gasteiger partial charge in [-0.2, -0.15) is 0 Å². The molecule has 1 fully saturated rings. The van der Waals surface area contributed by atoms with Crippen LogP contribution in [0, 0.1) is 0 Å². The molecule has 4 heteroatoms. The number of hydrogen-bond donors (Lipinski definition) is 0. The summed E-state index contributed by atoms with van der Waals surface area (Å²) in [5, 5.41) is 0. The monoisotopic (exact) mass is 404 g/mol. The van der Waals surface area contributed by atoms with E-state index in [2.05, 4.69) is 37.4 Å². The third-order valence-corrected chi connectivity index (χ3v) is 5.49. The van der Waals surface area contributed by atoms with Crippen LogP contribution in [0.5, 0.6) is 5.75 Å². The number of carbonyl (C=O) groups is 2. The van der Waals surface area contributed by atoms with Crippen LogP contribution in [-0.4, -0.2) is 24.5 Å². The average Bonchev–Trinajstić information content (AvgIpc) is 2.78. The highest BCUT2D eigenvalue weighted by Gasteiger charge is 2.23. The lowest BCUT2D eigenvalue weighted by Crippen LogP contribution is -2.23. The van der Waals surface area contributed by atoms with Gasteiger partial charge < -0.3 is 9.47 Å². The molecular formula is C26H28O4. The molecule has 1 aliphatic carbocycles. The minimum absolute atomic E-state index is 0.0604. The Bertz CT molecular complexity index is 901. The molecule has 0 aromatic heterocycles. The zero-order valence-corrected chi connectivity index (χ0v) is 17.4. The highest BCUT2D eigenvalue weighted by Crippen LogP contribution is 2.35. The smallest absolute Gasteiger partial charge is 0.338 e. The first-order chi connectivity index (χ1) is 14.5. The van der Waals surface area contributed by atoms with Crippen molar-refractivity contribution in [3.8, 4) is 16.9 Å². The molecule has 1 aliphatic rings. The molecule has 3 rings (SSSR count). The number of ether oxygens (including phenoxy) is 2. The Morgan fingerprint density at radius 3 is 2.07 bits per heavy atom. The molecule has 0 radical (unpaired) electrons. The van der Waals surface area contributed by atoms with E-state index >= 15 is 0 Å². The normalized spacial score (nSPS) is 18.4. The van der Waals surface area contributed by atoms with Crippen LogP contribution >= 0.6 is 0 Å². The molecule has 0 spiro atoms. The third kappa shape index (κ3) is 5.77. The molecule has 2 aromatic carbocycles. The van der Waals surface area contributed by atoms with Gasteiger partial charge >= 0.3 is 5.97 Å². The maximum absolute atomic E-state index is 11.6. The molecule has 30 heavy (non-hydrogen) atoms. The summed E-state index contributed by atoms with van der Waals surface area (Å²) < 4.78 is 10.9. The largest absolute Gasteiger partial charge is 0.423 e. The van der Waals surface area contributed by atoms with Crippen LogP contribution in [0.25, 0.3) is 11.1 Å². The maximum Gasteiger partial charge on any atom is 0.338 e. The second-order valence-electron chi connectivity index (χ2n) is 7.77. The zero-order chi connectivity index (χ0) is 21.5. The van der Waals surface area contributed by atoms with E-state index < -0.39 is 5.97 Å². The van der Waals surface area contributed by atoms with E-state index in [1.165, 1.54) is 11.6 Å². The second kappa shape index (κ2) is 10.2. The summed E-state index contributed by atoms with van der Waals surface area (Å²) in [6.45, 7) is 8.83. The minimum Gasteiger partial charge on any atom is -0.423 e. The van der Waals surface area contributed by atoms with Crippen molar-refractivity contribution in [1.29, 1.82) is 0 Å². The first kappa shape index (κ1) is 21.7. The van der Waals surface area contributed by atoms with E-state index in [0.29, 0.717) is 17.2 Å². The van der Waals surface area contributed by atoms with Gasteiger partial charge in [-0.1, -0.05) is 49.6 Å². The summed E-state index contributed by atoms with van der Waals surface area (Å²) >= 11 is 0. The summed E-state index contributed by atoms with van der Waals surface area (Å²) in [4.78, 5) is 22.9. The average molecular weight is 405 g/mol. The van der Waals surface area contributed by atoms with Crippen LogP contribution in [-0.2, 0) is 14.3 Å². The fourth-order valence-electron chi connectivity index (χ4n) is 3.68. The first-order valence-corrected chi connectivity index (χ1v) is 10.3. The first-order valence-electron chi connectivity index (χ1n) is 10.3. The quantitative estimate of drug-likeness (QED) is 0.325. The highest BCUT2D eigenvalue weighted by atomic mass is 16.5. The van der Waals surface area contributed by atoms with Crippen molar-refractivity contribution in [2.24, 2.45) is 0 Å². The Balaban J connectivity index is 1.55. The number of ketones is 1. The van der Waals surface area contributed by atoms with E-state index in [1.54, 1.807) is 19.1 Å². The molecule has 0 N–H and O–H groups in total. The number of hydrogen-bond acceptors (Lipinski definition) is 4. The van der Waals surface area contributed by atoms with Gasteiger partial charge in [-0.05, 0) is 73.4 Å². The number of carbonyl (C=O) groups excluding carboxylic acids is 2. The predicted molar refractivity (Wildman–Crippen MR) is 118 cm³/mol. The van der Waals surface area contributed by atoms with Gasteiger partial charge in [0, 0.05) is 5.57 Å². The molecule has 1 saturated carbocycles. The summed E-state index contributed by atoms with van der Waals surface area (Å²) in [5.41, 5.74) is 3.91. The molecule has 0 amide bonds. The van der Waals surface area contributed by atoms with E-state index in [0.717, 1.165) is 36.8 Å². The summed E-state index contributed by atoms with van der Waals surface area (Å²) in [6.07, 6.45) is 5.56. The summed E-state index contributed by atoms with van der Waals surface area (Å²) in [7, 11) is 0. The SMILES string of the molecule is C=CC(=O)COC1CCC(c2ccc(-c3ccc(OC(=O)C(=C)C)cc3)cc2)CC1. The van der Waals surface area contributed by atoms with Crippen molar-refractivity contribution in [1.82, 2.24) is 0 Å². The lowest BCUT2D eigenvalue weighted by atomic mass is 9.82. The van der Waals surface area contributed by atoms with Crippen LogP contribution in [0.15, 0.2) is 73.3 Å². The molecule has 4 nitrogen and oxygen atoms in total. The van der Waals surface area contributed by atoms with Crippen LogP contribution in [0.2, 0.25) is 0 Å². The number of esters is 1. The Morgan fingerprint density at radius 2 is 1.53 bits per heavy atom. The van der Waals surface area contributed by atoms with Gasteiger partial charge in [-0.15, -0.1) is 0 Å². The Kier molecular flexibility index (Phi) is 7.36. The van der Waals surface area contributed by atoms with Gasteiger partial charge in [-0.25, -0.2) is 4.79 Å². The third-order valence-electron chi connectivity index (χ3n) is 5.49. The molecule has 156 valence electrons. The fourth-order valence-corrected chi connectivity index (χ4v) is 3.68. The van der Waals surface area contributed by atoms with E-state index in [9.17, 15) is 9.59 Å². The van der Waals surface area contributed by atoms with Gasteiger partial charge in [0.2, 0.25) is 0 Å². The predicted octanol–water partition coefficient (Wildman–Crippen LogP) is 5.63. The van der Waals surface area contributed by atoms with E-state index in [4.69, 9.17) is 9.47 Å². The summed E-state index contributed by atoms with van der Waals surface area (Å²) in [5.74, 6) is 0.560. The topological polar surface area (TPSA) is 52.6 Å². The van der Waals surface area contributed by atoms with E-state index in [-0.39, 0.29) is 18.5 Å². The molecule has 0 atom stereocenters. The Morgan fingerprint density at radius 1 is 0.967 bits per heavy atom. The van der Waals surface area contributed by atoms with Gasteiger partial charge in [0.1, 0.15) is 12.4 Å². The summed E-state index contributed by atoms with van der Waals surface area (Å²) in [6, 6.07) is 16.1. The van der Waals surface area contributed by atoms with Crippen molar-refractivity contribution in [2.75, 3.05) is 6.61 Å². The number of rotatable bonds is 8. The van der Waals surface area contributed by atoms with Crippen LogP contribution in [0.1, 0.15) is 44.1 Å². The van der Waals surface area contributed by atoms with Crippen LogP contribution < -0.4 is 4.74 Å². The molecule has 0 aliphatic heterocycles. The molecule has 0 heterocycles. The molecular weight excluding hydrogens is 376 g/mol. The molecule has 0 unspecified atom stereocenters. The molecule has 0 bridgehead atoms. The van der Waals surface area contributed by atoms with Gasteiger partial charge in [0.25, 0.3) is 0 Å². The Hall–Kier alpha value is -2.98. The van der Waals surface area contributed by atoms with Gasteiger partial charge in [-0.3, -0.25) is 4.79 Å². The van der Waals surface area contributed by atoms with Crippen molar-refractivity contribution in [3.63, 3.8) is 0 Å². The lowest BCUT2D eigenvalue weighted by molar-refractivity contribution is -0.130. The molecule has 0 saturated heterocycles. The van der Waals surface area contributed by atoms with Crippen LogP contribution in [0.3, 0.4) is 0 Å². The maximum atomic E-state index is 11.6. The Labute approximate surface area is 178 Å². The second-order valence-corrected chi connectivity index (χ2v) is 7.77. The highest BCUT2D eigenvalue weighted by molar-refractivity contribution is 5.90. The number of benzene rings is 2.